The molecule has 0 fully saturated rings. The van der Waals surface area contributed by atoms with Crippen LogP contribution in [0.5, 0.6) is 0 Å². The maximum atomic E-state index is 11.9. The first kappa shape index (κ1) is 13.6. The van der Waals surface area contributed by atoms with Crippen LogP contribution in [-0.4, -0.2) is 33.4 Å². The van der Waals surface area contributed by atoms with Gasteiger partial charge >= 0.3 is 23.9 Å². The topological polar surface area (TPSA) is 86.7 Å². The third kappa shape index (κ3) is 1.94. The van der Waals surface area contributed by atoms with Crippen molar-refractivity contribution in [2.75, 3.05) is 0 Å². The lowest BCUT2D eigenvalue weighted by atomic mass is 10.1. The van der Waals surface area contributed by atoms with Crippen LogP contribution in [0.1, 0.15) is 41.4 Å². The molecule has 0 saturated carbocycles. The van der Waals surface area contributed by atoms with Gasteiger partial charge in [-0.05, 0) is 22.5 Å². The zero-order chi connectivity index (χ0) is 16.1. The first-order valence-corrected chi connectivity index (χ1v) is 7.62. The minimum atomic E-state index is -0.695. The van der Waals surface area contributed by atoms with E-state index >= 15 is 0 Å². The van der Waals surface area contributed by atoms with Crippen molar-refractivity contribution in [2.24, 2.45) is 0 Å². The van der Waals surface area contributed by atoms with Gasteiger partial charge in [0, 0.05) is 0 Å². The summed E-state index contributed by atoms with van der Waals surface area (Å²) in [6, 6.07) is 9.71. The lowest BCUT2D eigenvalue weighted by molar-refractivity contribution is 0.0426. The highest BCUT2D eigenvalue weighted by Gasteiger charge is 2.35. The summed E-state index contributed by atoms with van der Waals surface area (Å²) in [5.74, 6) is -2.74. The molecule has 2 aromatic rings. The second kappa shape index (κ2) is 4.72. The Hall–Kier alpha value is -3.06. The van der Waals surface area contributed by atoms with Crippen LogP contribution in [0.25, 0.3) is 0 Å². The smallest absolute Gasteiger partial charge is 0.346 e. The van der Waals surface area contributed by atoms with E-state index in [-0.39, 0.29) is 31.8 Å². The van der Waals surface area contributed by atoms with E-state index in [0.29, 0.717) is 10.4 Å². The van der Waals surface area contributed by atoms with E-state index < -0.39 is 23.9 Å². The monoisotopic (exact) mass is 322 g/mol. The van der Waals surface area contributed by atoms with E-state index in [2.05, 4.69) is 9.47 Å². The number of ether oxygens (including phenoxy) is 2. The normalized spacial score (nSPS) is 15.3. The summed E-state index contributed by atoms with van der Waals surface area (Å²) in [4.78, 5) is 46.9. The second-order valence-corrected chi connectivity index (χ2v) is 6.26. The van der Waals surface area contributed by atoms with Gasteiger partial charge in [0.25, 0.3) is 0 Å². The minimum absolute atomic E-state index is 0.0940. The number of carbonyl (C=O) groups is 4. The Labute approximate surface area is 131 Å². The van der Waals surface area contributed by atoms with E-state index in [4.69, 9.17) is 0 Å². The third-order valence-electron chi connectivity index (χ3n) is 3.62. The van der Waals surface area contributed by atoms with Gasteiger partial charge in [0.1, 0.15) is 9.52 Å². The minimum Gasteiger partial charge on any atom is -0.386 e. The van der Waals surface area contributed by atoms with Gasteiger partial charge < -0.3 is 9.47 Å². The van der Waals surface area contributed by atoms with Gasteiger partial charge in [-0.15, -0.1) is 0 Å². The number of rotatable bonds is 2. The molecule has 6 nitrogen and oxygen atoms in total. The maximum Gasteiger partial charge on any atom is 0.346 e. The average Bonchev–Trinajstić information content (AvgIpc) is 2.98. The average molecular weight is 322 g/mol. The largest absolute Gasteiger partial charge is 0.386 e. The summed E-state index contributed by atoms with van der Waals surface area (Å²) >= 11 is 0. The van der Waals surface area contributed by atoms with Crippen molar-refractivity contribution in [1.29, 1.82) is 0 Å². The van der Waals surface area contributed by atoms with Crippen molar-refractivity contribution >= 4 is 43.8 Å². The quantitative estimate of drug-likeness (QED) is 0.438. The van der Waals surface area contributed by atoms with E-state index in [0.717, 1.165) is 0 Å². The van der Waals surface area contributed by atoms with Crippen LogP contribution >= 0.6 is 0 Å². The Balaban J connectivity index is 1.83. The van der Waals surface area contributed by atoms with E-state index in [1.54, 1.807) is 24.3 Å². The predicted molar refractivity (Wildman–Crippen MR) is 77.4 cm³/mol. The zero-order valence-corrected chi connectivity index (χ0v) is 12.4. The van der Waals surface area contributed by atoms with Gasteiger partial charge in [0.15, 0.2) is 0 Å². The Morgan fingerprint density at radius 1 is 0.609 bits per heavy atom. The number of esters is 4. The molecule has 0 aliphatic carbocycles. The highest BCUT2D eigenvalue weighted by molar-refractivity contribution is 6.70. The van der Waals surface area contributed by atoms with Crippen LogP contribution in [0.15, 0.2) is 36.4 Å². The van der Waals surface area contributed by atoms with E-state index in [1.165, 1.54) is 12.1 Å². The van der Waals surface area contributed by atoms with Gasteiger partial charge in [0.2, 0.25) is 0 Å². The van der Waals surface area contributed by atoms with Crippen LogP contribution in [0.2, 0.25) is 0 Å². The molecule has 7 heteroatoms. The second-order valence-electron chi connectivity index (χ2n) is 4.94. The van der Waals surface area contributed by atoms with Gasteiger partial charge in [-0.2, -0.15) is 0 Å². The number of hydrogen-bond donors (Lipinski definition) is 0. The first-order chi connectivity index (χ1) is 11.1. The lowest BCUT2D eigenvalue weighted by Crippen LogP contribution is -2.34. The molecular formula is C16H6O6Si. The predicted octanol–water partition coefficient (Wildman–Crippen LogP) is -0.0372. The summed E-state index contributed by atoms with van der Waals surface area (Å²) in [7, 11) is -0.0940. The van der Waals surface area contributed by atoms with Crippen LogP contribution in [0.4, 0.5) is 0 Å². The fourth-order valence-corrected chi connectivity index (χ4v) is 3.99. The van der Waals surface area contributed by atoms with Crippen LogP contribution in [0, 0.1) is 0 Å². The van der Waals surface area contributed by atoms with Crippen molar-refractivity contribution in [3.63, 3.8) is 0 Å². The molecule has 0 spiro atoms. The standard InChI is InChI=1S/C16H6O6Si/c17-13-7-3-1-5-9(11(7)15(19)21-13)23-10-6-2-4-8-12(10)16(20)22-14(8)18/h1-6H. The van der Waals surface area contributed by atoms with Crippen molar-refractivity contribution in [1.82, 2.24) is 0 Å². The molecule has 0 saturated heterocycles. The molecule has 0 atom stereocenters. The zero-order valence-electron chi connectivity index (χ0n) is 11.4. The number of fused-ring (bicyclic) bond motifs is 2. The number of carbonyl (C=O) groups excluding carboxylic acids is 4. The maximum absolute atomic E-state index is 11.9. The Kier molecular flexibility index (Phi) is 2.79. The molecule has 0 bridgehead atoms. The molecule has 4 rings (SSSR count). The molecule has 0 unspecified atom stereocenters. The number of cyclic esters (lactones) is 4. The van der Waals surface area contributed by atoms with Crippen molar-refractivity contribution in [3.8, 4) is 0 Å². The Bertz CT molecular complexity index is 855. The summed E-state index contributed by atoms with van der Waals surface area (Å²) in [5.41, 5.74) is 0.856. The van der Waals surface area contributed by atoms with E-state index in [1.807, 2.05) is 0 Å². The number of hydrogen-bond acceptors (Lipinski definition) is 6. The molecule has 110 valence electrons. The third-order valence-corrected chi connectivity index (χ3v) is 4.99. The summed E-state index contributed by atoms with van der Waals surface area (Å²) < 4.78 is 9.24. The molecule has 2 aliphatic rings. The molecule has 2 radical (unpaired) electrons. The summed E-state index contributed by atoms with van der Waals surface area (Å²) in [6.45, 7) is 0. The highest BCUT2D eigenvalue weighted by Crippen LogP contribution is 2.19. The number of benzene rings is 2. The van der Waals surface area contributed by atoms with Gasteiger partial charge in [-0.25, -0.2) is 19.2 Å². The molecule has 0 amide bonds. The molecule has 2 aromatic carbocycles. The van der Waals surface area contributed by atoms with Crippen molar-refractivity contribution in [3.05, 3.63) is 58.7 Å². The summed E-state index contributed by atoms with van der Waals surface area (Å²) in [6.07, 6.45) is 0. The molecule has 2 heterocycles. The molecular weight excluding hydrogens is 316 g/mol. The highest BCUT2D eigenvalue weighted by atomic mass is 28.2. The lowest BCUT2D eigenvalue weighted by Gasteiger charge is -2.06. The Morgan fingerprint density at radius 2 is 1.04 bits per heavy atom. The fraction of sp³-hybridized carbons (Fsp3) is 0. The van der Waals surface area contributed by atoms with Gasteiger partial charge in [0.05, 0.1) is 22.3 Å². The van der Waals surface area contributed by atoms with E-state index in [9.17, 15) is 19.2 Å². The van der Waals surface area contributed by atoms with Crippen LogP contribution < -0.4 is 10.4 Å². The SMILES string of the molecule is O=C1OC(=O)c2c([Si]c3cccc4c3C(=O)OC4=O)cccc21. The van der Waals surface area contributed by atoms with Crippen LogP contribution in [0.3, 0.4) is 0 Å². The first-order valence-electron chi connectivity index (χ1n) is 6.62. The molecule has 23 heavy (non-hydrogen) atoms. The molecule has 0 aromatic heterocycles. The van der Waals surface area contributed by atoms with Crippen molar-refractivity contribution < 1.29 is 28.7 Å². The fourth-order valence-electron chi connectivity index (χ4n) is 2.62. The van der Waals surface area contributed by atoms with Gasteiger partial charge in [-0.3, -0.25) is 0 Å². The van der Waals surface area contributed by atoms with Crippen molar-refractivity contribution in [2.45, 2.75) is 0 Å². The van der Waals surface area contributed by atoms with Gasteiger partial charge in [-0.1, -0.05) is 24.3 Å². The summed E-state index contributed by atoms with van der Waals surface area (Å²) in [5, 5.41) is 1.16. The molecule has 2 aliphatic heterocycles. The molecule has 0 N–H and O–H groups in total. The Morgan fingerprint density at radius 3 is 1.48 bits per heavy atom. The van der Waals surface area contributed by atoms with Crippen LogP contribution in [-0.2, 0) is 9.47 Å².